The van der Waals surface area contributed by atoms with Crippen LogP contribution in [0.5, 0.6) is 0 Å². The van der Waals surface area contributed by atoms with Gasteiger partial charge < -0.3 is 5.32 Å². The van der Waals surface area contributed by atoms with Crippen molar-refractivity contribution in [1.29, 1.82) is 0 Å². The van der Waals surface area contributed by atoms with Gasteiger partial charge in [0.15, 0.2) is 11.6 Å². The van der Waals surface area contributed by atoms with Gasteiger partial charge in [-0.2, -0.15) is 0 Å². The van der Waals surface area contributed by atoms with E-state index in [9.17, 15) is 8.78 Å². The van der Waals surface area contributed by atoms with Gasteiger partial charge in [0.1, 0.15) is 0 Å². The Morgan fingerprint density at radius 2 is 1.89 bits per heavy atom. The second-order valence-electron chi connectivity index (χ2n) is 5.24. The Labute approximate surface area is 108 Å². The van der Waals surface area contributed by atoms with Crippen molar-refractivity contribution in [1.82, 2.24) is 5.32 Å². The maximum Gasteiger partial charge on any atom is 0.159 e. The second kappa shape index (κ2) is 6.28. The van der Waals surface area contributed by atoms with E-state index in [1.165, 1.54) is 37.8 Å². The molecule has 1 aliphatic rings. The predicted molar refractivity (Wildman–Crippen MR) is 69.6 cm³/mol. The van der Waals surface area contributed by atoms with Crippen LogP contribution in [0.25, 0.3) is 0 Å². The molecule has 1 saturated carbocycles. The summed E-state index contributed by atoms with van der Waals surface area (Å²) in [5.41, 5.74) is 0.955. The van der Waals surface area contributed by atoms with Crippen molar-refractivity contribution >= 4 is 0 Å². The number of rotatable bonds is 3. The summed E-state index contributed by atoms with van der Waals surface area (Å²) in [5.74, 6) is -0.588. The summed E-state index contributed by atoms with van der Waals surface area (Å²) in [7, 11) is 1.95. The maximum absolute atomic E-state index is 13.4. The standard InChI is InChI=1S/C15H21F2N/c1-18-10-12-5-3-2-4-6-13(12)11-7-8-14(16)15(17)9-11/h7-9,12-13,18H,2-6,10H2,1H3. The van der Waals surface area contributed by atoms with Crippen LogP contribution < -0.4 is 5.32 Å². The molecule has 18 heavy (non-hydrogen) atoms. The Balaban J connectivity index is 2.22. The molecule has 2 atom stereocenters. The summed E-state index contributed by atoms with van der Waals surface area (Å²) in [5, 5.41) is 3.22. The summed E-state index contributed by atoms with van der Waals surface area (Å²) in [6, 6.07) is 4.39. The number of benzene rings is 1. The number of hydrogen-bond donors (Lipinski definition) is 1. The van der Waals surface area contributed by atoms with E-state index in [0.717, 1.165) is 18.5 Å². The largest absolute Gasteiger partial charge is 0.319 e. The minimum Gasteiger partial charge on any atom is -0.319 e. The molecule has 2 unspecified atom stereocenters. The van der Waals surface area contributed by atoms with Crippen LogP contribution in [0, 0.1) is 17.6 Å². The van der Waals surface area contributed by atoms with Crippen molar-refractivity contribution in [3.05, 3.63) is 35.4 Å². The lowest BCUT2D eigenvalue weighted by molar-refractivity contribution is 0.384. The number of hydrogen-bond acceptors (Lipinski definition) is 1. The Bertz CT molecular complexity index is 392. The van der Waals surface area contributed by atoms with Gasteiger partial charge in [0.25, 0.3) is 0 Å². The fraction of sp³-hybridized carbons (Fsp3) is 0.600. The molecule has 1 nitrogen and oxygen atoms in total. The van der Waals surface area contributed by atoms with E-state index in [-0.39, 0.29) is 0 Å². The summed E-state index contributed by atoms with van der Waals surface area (Å²) in [6.45, 7) is 0.948. The molecule has 1 aliphatic carbocycles. The Kier molecular flexibility index (Phi) is 4.70. The third-order valence-corrected chi connectivity index (χ3v) is 4.00. The second-order valence-corrected chi connectivity index (χ2v) is 5.24. The van der Waals surface area contributed by atoms with Crippen LogP contribution in [0.2, 0.25) is 0 Å². The van der Waals surface area contributed by atoms with Crippen LogP contribution in [0.1, 0.15) is 43.6 Å². The smallest absolute Gasteiger partial charge is 0.159 e. The molecule has 100 valence electrons. The topological polar surface area (TPSA) is 12.0 Å². The van der Waals surface area contributed by atoms with Gasteiger partial charge in [0.2, 0.25) is 0 Å². The molecule has 0 spiro atoms. The lowest BCUT2D eigenvalue weighted by atomic mass is 9.82. The Morgan fingerprint density at radius 3 is 2.61 bits per heavy atom. The molecule has 0 heterocycles. The zero-order valence-corrected chi connectivity index (χ0v) is 10.9. The predicted octanol–water partition coefficient (Wildman–Crippen LogP) is 3.85. The van der Waals surface area contributed by atoms with Crippen LogP contribution in [0.4, 0.5) is 8.78 Å². The first-order valence-corrected chi connectivity index (χ1v) is 6.82. The highest BCUT2D eigenvalue weighted by Crippen LogP contribution is 2.36. The molecule has 1 fully saturated rings. The molecule has 0 bridgehead atoms. The van der Waals surface area contributed by atoms with Crippen molar-refractivity contribution in [2.75, 3.05) is 13.6 Å². The molecule has 0 aliphatic heterocycles. The first kappa shape index (κ1) is 13.5. The van der Waals surface area contributed by atoms with Crippen molar-refractivity contribution in [2.45, 2.75) is 38.0 Å². The van der Waals surface area contributed by atoms with Crippen molar-refractivity contribution < 1.29 is 8.78 Å². The van der Waals surface area contributed by atoms with Gasteiger partial charge >= 0.3 is 0 Å². The van der Waals surface area contributed by atoms with Gasteiger partial charge in [-0.15, -0.1) is 0 Å². The van der Waals surface area contributed by atoms with Crippen molar-refractivity contribution in [3.63, 3.8) is 0 Å². The molecule has 1 N–H and O–H groups in total. The van der Waals surface area contributed by atoms with E-state index in [2.05, 4.69) is 5.32 Å². The lowest BCUT2D eigenvalue weighted by Crippen LogP contribution is -2.24. The van der Waals surface area contributed by atoms with E-state index in [0.29, 0.717) is 11.8 Å². The highest BCUT2D eigenvalue weighted by atomic mass is 19.2. The van der Waals surface area contributed by atoms with Crippen LogP contribution >= 0.6 is 0 Å². The van der Waals surface area contributed by atoms with Gasteiger partial charge in [0, 0.05) is 0 Å². The van der Waals surface area contributed by atoms with Gasteiger partial charge in [-0.05, 0) is 56.0 Å². The highest BCUT2D eigenvalue weighted by molar-refractivity contribution is 5.23. The van der Waals surface area contributed by atoms with E-state index >= 15 is 0 Å². The zero-order valence-electron chi connectivity index (χ0n) is 10.9. The molecule has 3 heteroatoms. The van der Waals surface area contributed by atoms with E-state index < -0.39 is 11.6 Å². The molecular weight excluding hydrogens is 232 g/mol. The van der Waals surface area contributed by atoms with Crippen LogP contribution in [0.3, 0.4) is 0 Å². The minimum absolute atomic E-state index is 0.357. The lowest BCUT2D eigenvalue weighted by Gasteiger charge is -2.25. The quantitative estimate of drug-likeness (QED) is 0.807. The molecule has 0 saturated heterocycles. The molecular formula is C15H21F2N. The van der Waals surface area contributed by atoms with Gasteiger partial charge in [-0.1, -0.05) is 25.3 Å². The fourth-order valence-corrected chi connectivity index (χ4v) is 3.07. The summed E-state index contributed by atoms with van der Waals surface area (Å²) >= 11 is 0. The van der Waals surface area contributed by atoms with Crippen LogP contribution in [0.15, 0.2) is 18.2 Å². The molecule has 1 aromatic carbocycles. The first-order valence-electron chi connectivity index (χ1n) is 6.82. The third-order valence-electron chi connectivity index (χ3n) is 4.00. The Morgan fingerprint density at radius 1 is 1.11 bits per heavy atom. The average Bonchev–Trinajstić information content (AvgIpc) is 2.59. The molecule has 0 amide bonds. The zero-order chi connectivity index (χ0) is 13.0. The van der Waals surface area contributed by atoms with Crippen molar-refractivity contribution in [3.8, 4) is 0 Å². The summed E-state index contributed by atoms with van der Waals surface area (Å²) < 4.78 is 26.4. The monoisotopic (exact) mass is 253 g/mol. The fourth-order valence-electron chi connectivity index (χ4n) is 3.07. The third kappa shape index (κ3) is 3.08. The van der Waals surface area contributed by atoms with E-state index in [1.54, 1.807) is 6.07 Å². The molecule has 0 radical (unpaired) electrons. The normalized spacial score (nSPS) is 24.8. The number of halogens is 2. The molecule has 1 aromatic rings. The van der Waals surface area contributed by atoms with Gasteiger partial charge in [-0.25, -0.2) is 8.78 Å². The first-order chi connectivity index (χ1) is 8.72. The van der Waals surface area contributed by atoms with Gasteiger partial charge in [-0.3, -0.25) is 0 Å². The van der Waals surface area contributed by atoms with Gasteiger partial charge in [0.05, 0.1) is 0 Å². The molecule has 0 aromatic heterocycles. The van der Waals surface area contributed by atoms with E-state index in [1.807, 2.05) is 7.05 Å². The Hall–Kier alpha value is -0.960. The van der Waals surface area contributed by atoms with Crippen molar-refractivity contribution in [2.24, 2.45) is 5.92 Å². The van der Waals surface area contributed by atoms with Crippen LogP contribution in [-0.2, 0) is 0 Å². The highest BCUT2D eigenvalue weighted by Gasteiger charge is 2.25. The average molecular weight is 253 g/mol. The molecule has 2 rings (SSSR count). The summed E-state index contributed by atoms with van der Waals surface area (Å²) in [6.07, 6.45) is 5.93. The summed E-state index contributed by atoms with van der Waals surface area (Å²) in [4.78, 5) is 0. The number of nitrogens with one attached hydrogen (secondary N) is 1. The van der Waals surface area contributed by atoms with E-state index in [4.69, 9.17) is 0 Å². The van der Waals surface area contributed by atoms with Crippen LogP contribution in [-0.4, -0.2) is 13.6 Å². The maximum atomic E-state index is 13.4. The SMILES string of the molecule is CNCC1CCCCCC1c1ccc(F)c(F)c1. The minimum atomic E-state index is -0.752.